The fourth-order valence-electron chi connectivity index (χ4n) is 2.82. The van der Waals surface area contributed by atoms with E-state index in [1.54, 1.807) is 7.11 Å². The van der Waals surface area contributed by atoms with Crippen LogP contribution in [0.3, 0.4) is 0 Å². The molecule has 0 radical (unpaired) electrons. The predicted molar refractivity (Wildman–Crippen MR) is 88.3 cm³/mol. The van der Waals surface area contributed by atoms with Crippen molar-refractivity contribution in [1.29, 1.82) is 0 Å². The molecule has 4 nitrogen and oxygen atoms in total. The Bertz CT molecular complexity index is 635. The Labute approximate surface area is 136 Å². The fraction of sp³-hybridized carbons (Fsp3) is 0.471. The summed E-state index contributed by atoms with van der Waals surface area (Å²) in [7, 11) is 1.73. The lowest BCUT2D eigenvalue weighted by Crippen LogP contribution is -2.42. The van der Waals surface area contributed by atoms with Crippen molar-refractivity contribution in [2.75, 3.05) is 33.4 Å². The SMILES string of the molecule is COCCC1CN(Cc2ccc3cccc(Cl)c3n2)CCO1. The van der Waals surface area contributed by atoms with Gasteiger partial charge in [-0.3, -0.25) is 4.90 Å². The van der Waals surface area contributed by atoms with Gasteiger partial charge in [0.05, 0.1) is 28.9 Å². The topological polar surface area (TPSA) is 34.6 Å². The third-order valence-corrected chi connectivity index (χ3v) is 4.29. The standard InChI is InChI=1S/C17H21ClN2O2/c1-21-9-7-15-12-20(8-10-22-15)11-14-6-5-13-3-2-4-16(18)17(13)19-14/h2-6,15H,7-12H2,1H3. The molecule has 2 aromatic rings. The van der Waals surface area contributed by atoms with E-state index in [0.717, 1.165) is 55.9 Å². The zero-order chi connectivity index (χ0) is 15.4. The summed E-state index contributed by atoms with van der Waals surface area (Å²) < 4.78 is 10.9. The summed E-state index contributed by atoms with van der Waals surface area (Å²) in [6, 6.07) is 10.0. The summed E-state index contributed by atoms with van der Waals surface area (Å²) in [4.78, 5) is 7.10. The van der Waals surface area contributed by atoms with E-state index in [1.165, 1.54) is 0 Å². The van der Waals surface area contributed by atoms with Crippen LogP contribution in [0.5, 0.6) is 0 Å². The number of halogens is 1. The van der Waals surface area contributed by atoms with Gasteiger partial charge in [0, 0.05) is 38.7 Å². The Morgan fingerprint density at radius 3 is 3.14 bits per heavy atom. The highest BCUT2D eigenvalue weighted by Crippen LogP contribution is 2.22. The molecule has 22 heavy (non-hydrogen) atoms. The van der Waals surface area contributed by atoms with E-state index in [0.29, 0.717) is 5.02 Å². The number of nitrogens with zero attached hydrogens (tertiary/aromatic N) is 2. The van der Waals surface area contributed by atoms with Crippen LogP contribution < -0.4 is 0 Å². The highest BCUT2D eigenvalue weighted by Gasteiger charge is 2.20. The average Bonchev–Trinajstić information content (AvgIpc) is 2.54. The van der Waals surface area contributed by atoms with Gasteiger partial charge in [-0.25, -0.2) is 4.98 Å². The van der Waals surface area contributed by atoms with Crippen LogP contribution in [-0.4, -0.2) is 49.4 Å². The molecule has 0 spiro atoms. The van der Waals surface area contributed by atoms with Gasteiger partial charge in [-0.15, -0.1) is 0 Å². The zero-order valence-corrected chi connectivity index (χ0v) is 13.6. The molecule has 3 rings (SSSR count). The maximum atomic E-state index is 6.24. The molecule has 1 aromatic carbocycles. The highest BCUT2D eigenvalue weighted by molar-refractivity contribution is 6.35. The van der Waals surface area contributed by atoms with Gasteiger partial charge in [0.2, 0.25) is 0 Å². The molecule has 0 amide bonds. The lowest BCUT2D eigenvalue weighted by Gasteiger charge is -2.32. The van der Waals surface area contributed by atoms with Crippen LogP contribution in [-0.2, 0) is 16.0 Å². The van der Waals surface area contributed by atoms with Crippen molar-refractivity contribution < 1.29 is 9.47 Å². The summed E-state index contributed by atoms with van der Waals surface area (Å²) in [6.07, 6.45) is 1.18. The summed E-state index contributed by atoms with van der Waals surface area (Å²) in [5.41, 5.74) is 1.93. The summed E-state index contributed by atoms with van der Waals surface area (Å²) in [5.74, 6) is 0. The second kappa shape index (κ2) is 7.38. The Balaban J connectivity index is 1.68. The number of fused-ring (bicyclic) bond motifs is 1. The number of benzene rings is 1. The Morgan fingerprint density at radius 2 is 2.27 bits per heavy atom. The van der Waals surface area contributed by atoms with Crippen molar-refractivity contribution in [3.63, 3.8) is 0 Å². The van der Waals surface area contributed by atoms with Crippen LogP contribution in [0.15, 0.2) is 30.3 Å². The van der Waals surface area contributed by atoms with Crippen LogP contribution in [0.2, 0.25) is 5.02 Å². The number of rotatable bonds is 5. The fourth-order valence-corrected chi connectivity index (χ4v) is 3.04. The van der Waals surface area contributed by atoms with E-state index in [1.807, 2.05) is 18.2 Å². The van der Waals surface area contributed by atoms with Gasteiger partial charge in [0.25, 0.3) is 0 Å². The third kappa shape index (κ3) is 3.76. The molecule has 0 bridgehead atoms. The van der Waals surface area contributed by atoms with Gasteiger partial charge in [-0.1, -0.05) is 29.8 Å². The predicted octanol–water partition coefficient (Wildman–Crippen LogP) is 3.13. The third-order valence-electron chi connectivity index (χ3n) is 3.98. The molecule has 0 N–H and O–H groups in total. The van der Waals surface area contributed by atoms with E-state index in [2.05, 4.69) is 17.0 Å². The largest absolute Gasteiger partial charge is 0.385 e. The molecule has 2 heterocycles. The monoisotopic (exact) mass is 320 g/mol. The maximum Gasteiger partial charge on any atom is 0.0891 e. The Kier molecular flexibility index (Phi) is 5.26. The second-order valence-corrected chi connectivity index (χ2v) is 6.03. The number of hydrogen-bond donors (Lipinski definition) is 0. The van der Waals surface area contributed by atoms with Gasteiger partial charge in [-0.2, -0.15) is 0 Å². The lowest BCUT2D eigenvalue weighted by atomic mass is 10.1. The molecule has 1 aliphatic heterocycles. The van der Waals surface area contributed by atoms with E-state index in [4.69, 9.17) is 26.1 Å². The van der Waals surface area contributed by atoms with Gasteiger partial charge in [-0.05, 0) is 18.6 Å². The first-order valence-electron chi connectivity index (χ1n) is 7.63. The van der Waals surface area contributed by atoms with Crippen LogP contribution in [0, 0.1) is 0 Å². The number of hydrogen-bond acceptors (Lipinski definition) is 4. The molecule has 5 heteroatoms. The molecular formula is C17H21ClN2O2. The molecule has 0 saturated carbocycles. The molecular weight excluding hydrogens is 300 g/mol. The lowest BCUT2D eigenvalue weighted by molar-refractivity contribution is -0.0435. The minimum atomic E-state index is 0.248. The minimum Gasteiger partial charge on any atom is -0.385 e. The molecule has 1 aromatic heterocycles. The molecule has 1 atom stereocenters. The van der Waals surface area contributed by atoms with Gasteiger partial charge in [0.15, 0.2) is 0 Å². The van der Waals surface area contributed by atoms with Crippen molar-refractivity contribution >= 4 is 22.5 Å². The summed E-state index contributed by atoms with van der Waals surface area (Å²) >= 11 is 6.24. The first kappa shape index (κ1) is 15.7. The zero-order valence-electron chi connectivity index (χ0n) is 12.8. The smallest absolute Gasteiger partial charge is 0.0891 e. The normalized spacial score (nSPS) is 19.6. The van der Waals surface area contributed by atoms with Gasteiger partial charge < -0.3 is 9.47 Å². The number of methoxy groups -OCH3 is 1. The Morgan fingerprint density at radius 1 is 1.36 bits per heavy atom. The molecule has 1 fully saturated rings. The second-order valence-electron chi connectivity index (χ2n) is 5.62. The first-order chi connectivity index (χ1) is 10.8. The van der Waals surface area contributed by atoms with Crippen LogP contribution in [0.25, 0.3) is 10.9 Å². The Hall–Kier alpha value is -1.20. The quantitative estimate of drug-likeness (QED) is 0.848. The van der Waals surface area contributed by atoms with Crippen LogP contribution in [0.1, 0.15) is 12.1 Å². The number of morpholine rings is 1. The van der Waals surface area contributed by atoms with E-state index < -0.39 is 0 Å². The van der Waals surface area contributed by atoms with Crippen LogP contribution in [0.4, 0.5) is 0 Å². The van der Waals surface area contributed by atoms with Crippen molar-refractivity contribution in [1.82, 2.24) is 9.88 Å². The van der Waals surface area contributed by atoms with Gasteiger partial charge >= 0.3 is 0 Å². The van der Waals surface area contributed by atoms with Crippen molar-refractivity contribution in [2.24, 2.45) is 0 Å². The average molecular weight is 321 g/mol. The van der Waals surface area contributed by atoms with Crippen molar-refractivity contribution in [3.05, 3.63) is 41.0 Å². The van der Waals surface area contributed by atoms with Crippen LogP contribution >= 0.6 is 11.6 Å². The van der Waals surface area contributed by atoms with Crippen molar-refractivity contribution in [2.45, 2.75) is 19.1 Å². The van der Waals surface area contributed by atoms with E-state index >= 15 is 0 Å². The minimum absolute atomic E-state index is 0.248. The molecule has 0 aliphatic carbocycles. The number of pyridine rings is 1. The number of para-hydroxylation sites is 1. The number of ether oxygens (including phenoxy) is 2. The highest BCUT2D eigenvalue weighted by atomic mass is 35.5. The molecule has 1 aliphatic rings. The molecule has 1 saturated heterocycles. The van der Waals surface area contributed by atoms with Gasteiger partial charge in [0.1, 0.15) is 0 Å². The maximum absolute atomic E-state index is 6.24. The van der Waals surface area contributed by atoms with E-state index in [-0.39, 0.29) is 6.10 Å². The first-order valence-corrected chi connectivity index (χ1v) is 8.01. The summed E-state index contributed by atoms with van der Waals surface area (Å²) in [6.45, 7) is 4.19. The molecule has 118 valence electrons. The molecule has 1 unspecified atom stereocenters. The number of aromatic nitrogens is 1. The van der Waals surface area contributed by atoms with Crippen molar-refractivity contribution in [3.8, 4) is 0 Å². The summed E-state index contributed by atoms with van der Waals surface area (Å²) in [5, 5.41) is 1.79. The van der Waals surface area contributed by atoms with E-state index in [9.17, 15) is 0 Å².